The number of aromatic amines is 1. The molecule has 3 aromatic heterocycles. The highest BCUT2D eigenvalue weighted by molar-refractivity contribution is 5.99. The molecular formula is C22H24N6O. The number of benzene rings is 1. The smallest absolute Gasteiger partial charge is 0.258 e. The molecule has 1 atom stereocenters. The lowest BCUT2D eigenvalue weighted by Gasteiger charge is -2.25. The molecule has 1 fully saturated rings. The number of rotatable bonds is 4. The van der Waals surface area contributed by atoms with Crippen LogP contribution in [0.25, 0.3) is 16.6 Å². The SMILES string of the molecule is CN(C)C(=O)c1cnn2c([C@@H]3CCCN3Cc3ccc4cc[nH]c4c3)ccnc12. The minimum atomic E-state index is -0.0767. The van der Waals surface area contributed by atoms with Gasteiger partial charge in [0.1, 0.15) is 5.56 Å². The minimum Gasteiger partial charge on any atom is -0.361 e. The molecule has 0 radical (unpaired) electrons. The summed E-state index contributed by atoms with van der Waals surface area (Å²) in [6.45, 7) is 1.93. The first kappa shape index (κ1) is 17.9. The second-order valence-electron chi connectivity index (χ2n) is 7.89. The molecule has 1 amide bonds. The van der Waals surface area contributed by atoms with Gasteiger partial charge in [-0.15, -0.1) is 0 Å². The number of H-pyrrole nitrogens is 1. The Hall–Kier alpha value is -3.19. The van der Waals surface area contributed by atoms with Crippen molar-refractivity contribution in [3.63, 3.8) is 0 Å². The van der Waals surface area contributed by atoms with E-state index in [2.05, 4.69) is 44.2 Å². The predicted molar refractivity (Wildman–Crippen MR) is 112 cm³/mol. The number of fused-ring (bicyclic) bond motifs is 2. The first-order valence-corrected chi connectivity index (χ1v) is 9.96. The van der Waals surface area contributed by atoms with E-state index >= 15 is 0 Å². The summed E-state index contributed by atoms with van der Waals surface area (Å²) in [7, 11) is 3.49. The van der Waals surface area contributed by atoms with Crippen LogP contribution in [0.15, 0.2) is 48.9 Å². The third kappa shape index (κ3) is 3.07. The van der Waals surface area contributed by atoms with Crippen molar-refractivity contribution in [3.8, 4) is 0 Å². The van der Waals surface area contributed by atoms with Crippen molar-refractivity contribution in [1.29, 1.82) is 0 Å². The van der Waals surface area contributed by atoms with Gasteiger partial charge in [0.25, 0.3) is 5.91 Å². The topological polar surface area (TPSA) is 69.5 Å². The Kier molecular flexibility index (Phi) is 4.32. The van der Waals surface area contributed by atoms with E-state index in [0.717, 1.165) is 31.6 Å². The molecule has 0 saturated carbocycles. The van der Waals surface area contributed by atoms with Crippen molar-refractivity contribution >= 4 is 22.5 Å². The number of likely N-dealkylation sites (tertiary alicyclic amines) is 1. The third-order valence-electron chi connectivity index (χ3n) is 5.78. The quantitative estimate of drug-likeness (QED) is 0.583. The van der Waals surface area contributed by atoms with Crippen molar-refractivity contribution in [2.45, 2.75) is 25.4 Å². The number of hydrogen-bond acceptors (Lipinski definition) is 4. The zero-order chi connectivity index (χ0) is 20.0. The van der Waals surface area contributed by atoms with Crippen LogP contribution >= 0.6 is 0 Å². The van der Waals surface area contributed by atoms with Crippen LogP contribution in [0.2, 0.25) is 0 Å². The Balaban J connectivity index is 1.47. The molecule has 0 aliphatic carbocycles. The van der Waals surface area contributed by atoms with Gasteiger partial charge in [0, 0.05) is 38.6 Å². The van der Waals surface area contributed by atoms with E-state index in [9.17, 15) is 4.79 Å². The highest BCUT2D eigenvalue weighted by Gasteiger charge is 2.29. The fourth-order valence-corrected chi connectivity index (χ4v) is 4.33. The summed E-state index contributed by atoms with van der Waals surface area (Å²) in [5.74, 6) is -0.0767. The number of amides is 1. The van der Waals surface area contributed by atoms with Crippen LogP contribution in [0.5, 0.6) is 0 Å². The minimum absolute atomic E-state index is 0.0767. The molecule has 7 heteroatoms. The summed E-state index contributed by atoms with van der Waals surface area (Å²) in [5.41, 5.74) is 4.72. The molecule has 4 heterocycles. The van der Waals surface area contributed by atoms with Crippen molar-refractivity contribution < 1.29 is 4.79 Å². The van der Waals surface area contributed by atoms with Gasteiger partial charge in [-0.05, 0) is 48.5 Å². The van der Waals surface area contributed by atoms with Crippen molar-refractivity contribution in [2.75, 3.05) is 20.6 Å². The zero-order valence-electron chi connectivity index (χ0n) is 16.7. The van der Waals surface area contributed by atoms with Gasteiger partial charge in [0.2, 0.25) is 0 Å². The molecule has 7 nitrogen and oxygen atoms in total. The third-order valence-corrected chi connectivity index (χ3v) is 5.78. The highest BCUT2D eigenvalue weighted by atomic mass is 16.2. The summed E-state index contributed by atoms with van der Waals surface area (Å²) in [4.78, 5) is 24.3. The van der Waals surface area contributed by atoms with Crippen LogP contribution in [0.1, 0.15) is 40.5 Å². The van der Waals surface area contributed by atoms with E-state index in [0.29, 0.717) is 11.2 Å². The van der Waals surface area contributed by atoms with Crippen molar-refractivity contribution in [3.05, 3.63) is 65.7 Å². The number of hydrogen-bond donors (Lipinski definition) is 1. The molecule has 0 spiro atoms. The molecule has 1 aliphatic rings. The molecule has 0 unspecified atom stereocenters. The second kappa shape index (κ2) is 7.00. The number of aromatic nitrogens is 4. The molecule has 148 valence electrons. The summed E-state index contributed by atoms with van der Waals surface area (Å²) >= 11 is 0. The van der Waals surface area contributed by atoms with E-state index in [1.165, 1.54) is 16.5 Å². The Morgan fingerprint density at radius 3 is 3.03 bits per heavy atom. The fraction of sp³-hybridized carbons (Fsp3) is 0.318. The predicted octanol–water partition coefficient (Wildman–Crippen LogP) is 3.25. The van der Waals surface area contributed by atoms with Gasteiger partial charge < -0.3 is 9.88 Å². The van der Waals surface area contributed by atoms with Crippen molar-refractivity contribution in [2.24, 2.45) is 0 Å². The summed E-state index contributed by atoms with van der Waals surface area (Å²) in [5, 5.41) is 5.75. The zero-order valence-corrected chi connectivity index (χ0v) is 16.7. The number of carbonyl (C=O) groups excluding carboxylic acids is 1. The molecule has 1 saturated heterocycles. The van der Waals surface area contributed by atoms with Gasteiger partial charge in [0.15, 0.2) is 5.65 Å². The monoisotopic (exact) mass is 388 g/mol. The van der Waals surface area contributed by atoms with Crippen LogP contribution in [0.3, 0.4) is 0 Å². The maximum absolute atomic E-state index is 12.5. The maximum atomic E-state index is 12.5. The highest BCUT2D eigenvalue weighted by Crippen LogP contribution is 2.33. The maximum Gasteiger partial charge on any atom is 0.258 e. The first-order valence-electron chi connectivity index (χ1n) is 9.96. The molecule has 1 aromatic carbocycles. The van der Waals surface area contributed by atoms with Gasteiger partial charge in [-0.1, -0.05) is 12.1 Å². The normalized spacial score (nSPS) is 17.4. The van der Waals surface area contributed by atoms with Crippen LogP contribution in [-0.2, 0) is 6.54 Å². The van der Waals surface area contributed by atoms with Crippen LogP contribution in [0.4, 0.5) is 0 Å². The number of carbonyl (C=O) groups is 1. The number of nitrogens with one attached hydrogen (secondary N) is 1. The van der Waals surface area contributed by atoms with Gasteiger partial charge in [-0.3, -0.25) is 9.69 Å². The molecule has 29 heavy (non-hydrogen) atoms. The summed E-state index contributed by atoms with van der Waals surface area (Å²) in [6.07, 6.45) is 7.61. The lowest BCUT2D eigenvalue weighted by Crippen LogP contribution is -2.25. The van der Waals surface area contributed by atoms with Crippen LogP contribution < -0.4 is 0 Å². The lowest BCUT2D eigenvalue weighted by molar-refractivity contribution is 0.0829. The molecule has 1 N–H and O–H groups in total. The fourth-order valence-electron chi connectivity index (χ4n) is 4.33. The van der Waals surface area contributed by atoms with Gasteiger partial charge in [-0.25, -0.2) is 9.50 Å². The first-order chi connectivity index (χ1) is 14.1. The van der Waals surface area contributed by atoms with E-state index in [-0.39, 0.29) is 11.9 Å². The van der Waals surface area contributed by atoms with Crippen molar-refractivity contribution in [1.82, 2.24) is 29.4 Å². The van der Waals surface area contributed by atoms with E-state index < -0.39 is 0 Å². The van der Waals surface area contributed by atoms with Crippen LogP contribution in [0, 0.1) is 0 Å². The standard InChI is InChI=1S/C22H24N6O/c1-26(2)22(29)17-13-25-28-20(8-10-24-21(17)28)19-4-3-11-27(19)14-15-5-6-16-7-9-23-18(16)12-15/h5-10,12-13,19,23H,3-4,11,14H2,1-2H3/t19-/m0/s1. The summed E-state index contributed by atoms with van der Waals surface area (Å²) < 4.78 is 1.84. The lowest BCUT2D eigenvalue weighted by atomic mass is 10.1. The van der Waals surface area contributed by atoms with E-state index in [1.54, 1.807) is 31.4 Å². The van der Waals surface area contributed by atoms with E-state index in [4.69, 9.17) is 0 Å². The Morgan fingerprint density at radius 2 is 2.17 bits per heavy atom. The number of nitrogens with zero attached hydrogens (tertiary/aromatic N) is 5. The van der Waals surface area contributed by atoms with Gasteiger partial charge in [-0.2, -0.15) is 5.10 Å². The Labute approximate surface area is 169 Å². The van der Waals surface area contributed by atoms with E-state index in [1.807, 2.05) is 16.8 Å². The van der Waals surface area contributed by atoms with Gasteiger partial charge in [0.05, 0.1) is 17.9 Å². The molecule has 1 aliphatic heterocycles. The second-order valence-corrected chi connectivity index (χ2v) is 7.89. The molecule has 4 aromatic rings. The van der Waals surface area contributed by atoms with Crippen LogP contribution in [-0.4, -0.2) is 55.9 Å². The Bertz CT molecular complexity index is 1190. The molecule has 0 bridgehead atoms. The largest absolute Gasteiger partial charge is 0.361 e. The molecular weight excluding hydrogens is 364 g/mol. The summed E-state index contributed by atoms with van der Waals surface area (Å²) in [6, 6.07) is 11.0. The average Bonchev–Trinajstić information content (AvgIpc) is 3.46. The van der Waals surface area contributed by atoms with Gasteiger partial charge >= 0.3 is 0 Å². The molecule has 5 rings (SSSR count). The average molecular weight is 388 g/mol. The Morgan fingerprint density at radius 1 is 1.28 bits per heavy atom.